The van der Waals surface area contributed by atoms with Crippen molar-refractivity contribution >= 4 is 8.32 Å². The van der Waals surface area contributed by atoms with Crippen molar-refractivity contribution in [1.29, 1.82) is 0 Å². The summed E-state index contributed by atoms with van der Waals surface area (Å²) in [5.74, 6) is 0. The zero-order valence-electron chi connectivity index (χ0n) is 12.1. The lowest BCUT2D eigenvalue weighted by Crippen LogP contribution is -2.54. The highest BCUT2D eigenvalue weighted by atomic mass is 28.4. The van der Waals surface area contributed by atoms with E-state index in [9.17, 15) is 18.3 Å². The van der Waals surface area contributed by atoms with Crippen LogP contribution in [0.4, 0.5) is 13.2 Å². The number of aliphatic hydroxyl groups excluding tert-OH is 1. The van der Waals surface area contributed by atoms with Gasteiger partial charge in [-0.1, -0.05) is 20.8 Å². The average molecular weight is 299 g/mol. The number of aliphatic hydroxyl groups is 1. The summed E-state index contributed by atoms with van der Waals surface area (Å²) in [6, 6.07) is -1.06. The zero-order chi connectivity index (χ0) is 15.1. The van der Waals surface area contributed by atoms with Crippen molar-refractivity contribution in [1.82, 2.24) is 5.32 Å². The summed E-state index contributed by atoms with van der Waals surface area (Å²) in [6.45, 7) is 10.6. The second kappa shape index (κ2) is 5.35. The normalized spacial score (nSPS) is 27.6. The van der Waals surface area contributed by atoms with Crippen molar-refractivity contribution in [2.24, 2.45) is 0 Å². The Morgan fingerprint density at radius 2 is 1.79 bits per heavy atom. The highest BCUT2D eigenvalue weighted by molar-refractivity contribution is 6.74. The van der Waals surface area contributed by atoms with E-state index in [1.165, 1.54) is 0 Å². The Morgan fingerprint density at radius 1 is 1.26 bits per heavy atom. The molecule has 2 N–H and O–H groups in total. The van der Waals surface area contributed by atoms with Gasteiger partial charge in [-0.05, 0) is 31.1 Å². The molecule has 19 heavy (non-hydrogen) atoms. The molecule has 1 aliphatic heterocycles. The minimum Gasteiger partial charge on any atom is -0.412 e. The maximum atomic E-state index is 12.6. The maximum Gasteiger partial charge on any atom is 0.415 e. The average Bonchev–Trinajstić information content (AvgIpc) is 2.60. The van der Waals surface area contributed by atoms with E-state index in [-0.39, 0.29) is 5.04 Å². The van der Waals surface area contributed by atoms with E-state index in [0.717, 1.165) is 0 Å². The molecule has 0 saturated carbocycles. The van der Waals surface area contributed by atoms with Crippen molar-refractivity contribution in [3.05, 3.63) is 0 Å². The van der Waals surface area contributed by atoms with Crippen LogP contribution >= 0.6 is 0 Å². The van der Waals surface area contributed by atoms with Crippen LogP contribution in [0.3, 0.4) is 0 Å². The van der Waals surface area contributed by atoms with Gasteiger partial charge >= 0.3 is 6.18 Å². The Hall–Kier alpha value is -0.113. The molecular formula is C12H24F3NO2Si. The number of halogens is 3. The third kappa shape index (κ3) is 3.93. The van der Waals surface area contributed by atoms with Gasteiger partial charge in [0, 0.05) is 0 Å². The molecule has 3 atom stereocenters. The fourth-order valence-electron chi connectivity index (χ4n) is 1.91. The van der Waals surface area contributed by atoms with Crippen LogP contribution in [0.2, 0.25) is 18.1 Å². The first-order valence-corrected chi connectivity index (χ1v) is 9.43. The summed E-state index contributed by atoms with van der Waals surface area (Å²) >= 11 is 0. The molecule has 114 valence electrons. The molecule has 1 aliphatic rings. The highest BCUT2D eigenvalue weighted by Gasteiger charge is 2.50. The monoisotopic (exact) mass is 299 g/mol. The second-order valence-electron chi connectivity index (χ2n) is 6.67. The zero-order valence-corrected chi connectivity index (χ0v) is 13.1. The quantitative estimate of drug-likeness (QED) is 0.787. The largest absolute Gasteiger partial charge is 0.415 e. The smallest absolute Gasteiger partial charge is 0.412 e. The van der Waals surface area contributed by atoms with Crippen molar-refractivity contribution in [3.8, 4) is 0 Å². The van der Waals surface area contributed by atoms with Gasteiger partial charge < -0.3 is 14.8 Å². The third-order valence-electron chi connectivity index (χ3n) is 4.14. The predicted octanol–water partition coefficient (Wildman–Crippen LogP) is 2.66. The highest BCUT2D eigenvalue weighted by Crippen LogP contribution is 2.39. The Labute approximate surface area is 113 Å². The molecule has 1 fully saturated rings. The van der Waals surface area contributed by atoms with Crippen molar-refractivity contribution in [2.75, 3.05) is 6.54 Å². The molecule has 0 radical (unpaired) electrons. The van der Waals surface area contributed by atoms with Crippen LogP contribution in [0.25, 0.3) is 0 Å². The van der Waals surface area contributed by atoms with Crippen molar-refractivity contribution in [3.63, 3.8) is 0 Å². The SMILES string of the molecule is CC(C)(C)[Si](C)(C)O[C@@H]1CCN[C@@H]1[C@H](O)C(F)(F)F. The number of rotatable bonds is 3. The summed E-state index contributed by atoms with van der Waals surface area (Å²) < 4.78 is 43.8. The molecule has 0 aromatic heterocycles. The fraction of sp³-hybridized carbons (Fsp3) is 1.00. The number of nitrogens with one attached hydrogen (secondary N) is 1. The van der Waals surface area contributed by atoms with E-state index in [1.54, 1.807) is 0 Å². The van der Waals surface area contributed by atoms with Gasteiger partial charge in [-0.2, -0.15) is 13.2 Å². The van der Waals surface area contributed by atoms with Gasteiger partial charge in [0.05, 0.1) is 12.1 Å². The number of alkyl halides is 3. The molecule has 0 aliphatic carbocycles. The van der Waals surface area contributed by atoms with E-state index in [0.29, 0.717) is 13.0 Å². The maximum absolute atomic E-state index is 12.6. The third-order valence-corrected chi connectivity index (χ3v) is 8.64. The molecule has 1 saturated heterocycles. The van der Waals surface area contributed by atoms with Gasteiger partial charge in [-0.25, -0.2) is 0 Å². The van der Waals surface area contributed by atoms with Gasteiger partial charge in [0.1, 0.15) is 0 Å². The van der Waals surface area contributed by atoms with Crippen LogP contribution < -0.4 is 5.32 Å². The Morgan fingerprint density at radius 3 is 2.21 bits per heavy atom. The molecular weight excluding hydrogens is 275 g/mol. The Kier molecular flexibility index (Phi) is 4.77. The van der Waals surface area contributed by atoms with E-state index < -0.39 is 32.7 Å². The number of hydrogen-bond acceptors (Lipinski definition) is 3. The van der Waals surface area contributed by atoms with Crippen LogP contribution in [0.5, 0.6) is 0 Å². The molecule has 0 bridgehead atoms. The van der Waals surface area contributed by atoms with E-state index in [4.69, 9.17) is 4.43 Å². The minimum atomic E-state index is -4.61. The van der Waals surface area contributed by atoms with Gasteiger partial charge in [0.2, 0.25) is 0 Å². The Bertz CT molecular complexity index is 315. The number of hydrogen-bond donors (Lipinski definition) is 2. The fourth-order valence-corrected chi connectivity index (χ4v) is 3.28. The lowest BCUT2D eigenvalue weighted by atomic mass is 10.1. The lowest BCUT2D eigenvalue weighted by Gasteiger charge is -2.40. The summed E-state index contributed by atoms with van der Waals surface area (Å²) in [6.07, 6.45) is -7.05. The van der Waals surface area contributed by atoms with Crippen LogP contribution in [-0.2, 0) is 4.43 Å². The molecule has 0 aromatic rings. The van der Waals surface area contributed by atoms with Crippen molar-refractivity contribution < 1.29 is 22.7 Å². The summed E-state index contributed by atoms with van der Waals surface area (Å²) in [7, 11) is -2.14. The van der Waals surface area contributed by atoms with E-state index in [1.807, 2.05) is 33.9 Å². The molecule has 0 amide bonds. The predicted molar refractivity (Wildman–Crippen MR) is 70.5 cm³/mol. The second-order valence-corrected chi connectivity index (χ2v) is 11.4. The molecule has 0 aromatic carbocycles. The standard InChI is InChI=1S/C12H24F3NO2Si/c1-11(2,3)19(4,5)18-8-6-7-16-9(8)10(17)12(13,14)15/h8-10,16-17H,6-7H2,1-5H3/t8-,9+,10+/m1/s1. The van der Waals surface area contributed by atoms with Crippen LogP contribution in [0.15, 0.2) is 0 Å². The molecule has 1 heterocycles. The lowest BCUT2D eigenvalue weighted by molar-refractivity contribution is -0.216. The summed E-state index contributed by atoms with van der Waals surface area (Å²) in [5.41, 5.74) is 0. The van der Waals surface area contributed by atoms with Crippen LogP contribution in [0, 0.1) is 0 Å². The first kappa shape index (κ1) is 16.9. The summed E-state index contributed by atoms with van der Waals surface area (Å²) in [5, 5.41) is 12.1. The molecule has 3 nitrogen and oxygen atoms in total. The first-order chi connectivity index (χ1) is 8.36. The van der Waals surface area contributed by atoms with Crippen LogP contribution in [0.1, 0.15) is 27.2 Å². The first-order valence-electron chi connectivity index (χ1n) is 6.52. The van der Waals surface area contributed by atoms with E-state index in [2.05, 4.69) is 5.32 Å². The van der Waals surface area contributed by atoms with Gasteiger partial charge in [-0.15, -0.1) is 0 Å². The Balaban J connectivity index is 2.78. The van der Waals surface area contributed by atoms with Crippen LogP contribution in [-0.4, -0.2) is 44.4 Å². The summed E-state index contributed by atoms with van der Waals surface area (Å²) in [4.78, 5) is 0. The van der Waals surface area contributed by atoms with Gasteiger partial charge in [-0.3, -0.25) is 0 Å². The van der Waals surface area contributed by atoms with Gasteiger partial charge in [0.25, 0.3) is 0 Å². The molecule has 1 rings (SSSR count). The molecule has 0 unspecified atom stereocenters. The minimum absolute atomic E-state index is 0.0661. The van der Waals surface area contributed by atoms with E-state index >= 15 is 0 Å². The molecule has 7 heteroatoms. The molecule has 0 spiro atoms. The van der Waals surface area contributed by atoms with Gasteiger partial charge in [0.15, 0.2) is 14.4 Å². The topological polar surface area (TPSA) is 41.5 Å². The van der Waals surface area contributed by atoms with Crippen molar-refractivity contribution in [2.45, 2.75) is 69.8 Å².